The lowest BCUT2D eigenvalue weighted by molar-refractivity contribution is -0.116. The van der Waals surface area contributed by atoms with Gasteiger partial charge in [0.05, 0.1) is 0 Å². The number of nitrogens with zero attached hydrogens (tertiary/aromatic N) is 1. The molecule has 3 N–H and O–H groups in total. The van der Waals surface area contributed by atoms with Crippen molar-refractivity contribution in [1.82, 2.24) is 0 Å². The Balaban J connectivity index is 2.58. The fraction of sp³-hybridized carbons (Fsp3) is 0.462. The van der Waals surface area contributed by atoms with Crippen LogP contribution in [0.2, 0.25) is 0 Å². The van der Waals surface area contributed by atoms with Crippen molar-refractivity contribution in [2.75, 3.05) is 30.4 Å². The van der Waals surface area contributed by atoms with Crippen LogP contribution >= 0.6 is 0 Å². The molecule has 0 aliphatic rings. The van der Waals surface area contributed by atoms with E-state index < -0.39 is 0 Å². The van der Waals surface area contributed by atoms with Gasteiger partial charge >= 0.3 is 0 Å². The van der Waals surface area contributed by atoms with Gasteiger partial charge in [0.15, 0.2) is 0 Å². The smallest absolute Gasteiger partial charge is 0.224 e. The molecule has 1 amide bonds. The lowest BCUT2D eigenvalue weighted by Crippen LogP contribution is -2.24. The number of likely N-dealkylation sites (N-methyl/N-ethyl adjacent to an activating group) is 1. The fourth-order valence-electron chi connectivity index (χ4n) is 1.57. The van der Waals surface area contributed by atoms with Gasteiger partial charge in [-0.2, -0.15) is 0 Å². The van der Waals surface area contributed by atoms with Gasteiger partial charge in [0.2, 0.25) is 5.91 Å². The average Bonchev–Trinajstić information content (AvgIpc) is 2.30. The van der Waals surface area contributed by atoms with Crippen LogP contribution in [0.5, 0.6) is 0 Å². The van der Waals surface area contributed by atoms with Crippen LogP contribution in [0.1, 0.15) is 19.8 Å². The van der Waals surface area contributed by atoms with E-state index in [-0.39, 0.29) is 5.91 Å². The molecule has 0 fully saturated rings. The van der Waals surface area contributed by atoms with Crippen molar-refractivity contribution in [3.63, 3.8) is 0 Å². The molecule has 1 aromatic carbocycles. The van der Waals surface area contributed by atoms with E-state index in [0.717, 1.165) is 24.3 Å². The molecule has 0 bridgehead atoms. The Kier molecular flexibility index (Phi) is 5.49. The van der Waals surface area contributed by atoms with E-state index in [4.69, 9.17) is 5.73 Å². The van der Waals surface area contributed by atoms with Crippen LogP contribution in [0, 0.1) is 0 Å². The van der Waals surface area contributed by atoms with Gasteiger partial charge in [-0.1, -0.05) is 6.92 Å². The molecular weight excluding hydrogens is 214 g/mol. The molecule has 0 saturated heterocycles. The van der Waals surface area contributed by atoms with E-state index in [9.17, 15) is 4.79 Å². The van der Waals surface area contributed by atoms with Crippen molar-refractivity contribution in [3.8, 4) is 0 Å². The molecule has 1 rings (SSSR count). The number of rotatable bonds is 6. The Bertz CT molecular complexity index is 348. The van der Waals surface area contributed by atoms with Gasteiger partial charge < -0.3 is 16.0 Å². The fourth-order valence-corrected chi connectivity index (χ4v) is 1.57. The molecule has 4 heteroatoms. The summed E-state index contributed by atoms with van der Waals surface area (Å²) in [6.45, 7) is 3.44. The van der Waals surface area contributed by atoms with Gasteiger partial charge in [0, 0.05) is 37.9 Å². The van der Waals surface area contributed by atoms with Crippen molar-refractivity contribution >= 4 is 17.3 Å². The highest BCUT2D eigenvalue weighted by Gasteiger charge is 2.02. The molecule has 0 radical (unpaired) electrons. The quantitative estimate of drug-likeness (QED) is 0.790. The van der Waals surface area contributed by atoms with Crippen LogP contribution in [0.15, 0.2) is 24.3 Å². The summed E-state index contributed by atoms with van der Waals surface area (Å²) < 4.78 is 0. The maximum Gasteiger partial charge on any atom is 0.224 e. The summed E-state index contributed by atoms with van der Waals surface area (Å²) in [4.78, 5) is 13.5. The minimum Gasteiger partial charge on any atom is -0.373 e. The first kappa shape index (κ1) is 13.5. The minimum absolute atomic E-state index is 0.0653. The number of nitrogens with one attached hydrogen (secondary N) is 1. The van der Waals surface area contributed by atoms with Gasteiger partial charge in [0.1, 0.15) is 0 Å². The Labute approximate surface area is 103 Å². The molecule has 17 heavy (non-hydrogen) atoms. The number of hydrogen-bond donors (Lipinski definition) is 2. The molecule has 94 valence electrons. The lowest BCUT2D eigenvalue weighted by Gasteiger charge is -2.18. The molecule has 4 nitrogen and oxygen atoms in total. The second kappa shape index (κ2) is 6.91. The van der Waals surface area contributed by atoms with E-state index in [2.05, 4.69) is 10.2 Å². The Morgan fingerprint density at radius 2 is 2.00 bits per heavy atom. The molecular formula is C13H21N3O. The number of amides is 1. The predicted molar refractivity (Wildman–Crippen MR) is 72.3 cm³/mol. The highest BCUT2D eigenvalue weighted by atomic mass is 16.1. The average molecular weight is 235 g/mol. The van der Waals surface area contributed by atoms with E-state index in [1.807, 2.05) is 38.2 Å². The number of benzene rings is 1. The molecule has 0 saturated carbocycles. The van der Waals surface area contributed by atoms with E-state index >= 15 is 0 Å². The predicted octanol–water partition coefficient (Wildman–Crippen LogP) is 1.82. The summed E-state index contributed by atoms with van der Waals surface area (Å²) in [5.74, 6) is 0.0653. The largest absolute Gasteiger partial charge is 0.373 e. The third-order valence-corrected chi connectivity index (χ3v) is 2.53. The van der Waals surface area contributed by atoms with Crippen LogP contribution in [0.3, 0.4) is 0 Å². The zero-order valence-corrected chi connectivity index (χ0v) is 10.6. The number of carbonyl (C=O) groups is 1. The summed E-state index contributed by atoms with van der Waals surface area (Å²) in [6.07, 6.45) is 1.43. The molecule has 0 heterocycles. The van der Waals surface area contributed by atoms with Gasteiger partial charge in [-0.3, -0.25) is 4.79 Å². The van der Waals surface area contributed by atoms with E-state index in [1.165, 1.54) is 0 Å². The van der Waals surface area contributed by atoms with Crippen molar-refractivity contribution in [2.24, 2.45) is 5.73 Å². The maximum absolute atomic E-state index is 11.4. The van der Waals surface area contributed by atoms with Crippen LogP contribution in [0.4, 0.5) is 11.4 Å². The van der Waals surface area contributed by atoms with E-state index in [1.54, 1.807) is 0 Å². The molecule has 0 aliphatic heterocycles. The first-order valence-corrected chi connectivity index (χ1v) is 5.98. The summed E-state index contributed by atoms with van der Waals surface area (Å²) in [5, 5.41) is 2.86. The molecule has 0 unspecified atom stereocenters. The summed E-state index contributed by atoms with van der Waals surface area (Å²) in [5.41, 5.74) is 7.44. The van der Waals surface area contributed by atoms with Gasteiger partial charge in [0.25, 0.3) is 0 Å². The Morgan fingerprint density at radius 1 is 1.35 bits per heavy atom. The highest BCUT2D eigenvalue weighted by Crippen LogP contribution is 2.16. The Hall–Kier alpha value is -1.55. The number of anilines is 2. The number of hydrogen-bond acceptors (Lipinski definition) is 3. The van der Waals surface area contributed by atoms with Crippen LogP contribution in [-0.2, 0) is 4.79 Å². The summed E-state index contributed by atoms with van der Waals surface area (Å²) >= 11 is 0. The summed E-state index contributed by atoms with van der Waals surface area (Å²) in [7, 11) is 2.00. The maximum atomic E-state index is 11.4. The number of carbonyl (C=O) groups excluding carboxylic acids is 1. The highest BCUT2D eigenvalue weighted by molar-refractivity contribution is 5.90. The lowest BCUT2D eigenvalue weighted by atomic mass is 10.2. The van der Waals surface area contributed by atoms with Gasteiger partial charge in [-0.15, -0.1) is 0 Å². The van der Waals surface area contributed by atoms with E-state index in [0.29, 0.717) is 13.0 Å². The monoisotopic (exact) mass is 235 g/mol. The zero-order chi connectivity index (χ0) is 12.7. The first-order chi connectivity index (χ1) is 8.17. The van der Waals surface area contributed by atoms with Crippen molar-refractivity contribution in [1.29, 1.82) is 0 Å². The van der Waals surface area contributed by atoms with Crippen LogP contribution in [-0.4, -0.2) is 26.0 Å². The molecule has 0 atom stereocenters. The van der Waals surface area contributed by atoms with Crippen molar-refractivity contribution < 1.29 is 4.79 Å². The third-order valence-electron chi connectivity index (χ3n) is 2.53. The molecule has 0 aromatic heterocycles. The molecule has 1 aromatic rings. The molecule has 0 aliphatic carbocycles. The minimum atomic E-state index is 0.0653. The first-order valence-electron chi connectivity index (χ1n) is 5.98. The second-order valence-electron chi connectivity index (χ2n) is 4.06. The van der Waals surface area contributed by atoms with Gasteiger partial charge in [-0.05, 0) is 30.7 Å². The number of nitrogens with two attached hydrogens (primary N) is 1. The normalized spacial score (nSPS) is 10.1. The van der Waals surface area contributed by atoms with Crippen molar-refractivity contribution in [3.05, 3.63) is 24.3 Å². The third kappa shape index (κ3) is 4.44. The topological polar surface area (TPSA) is 58.4 Å². The van der Waals surface area contributed by atoms with Gasteiger partial charge in [-0.25, -0.2) is 0 Å². The van der Waals surface area contributed by atoms with Crippen LogP contribution in [0.25, 0.3) is 0 Å². The zero-order valence-electron chi connectivity index (χ0n) is 10.6. The summed E-state index contributed by atoms with van der Waals surface area (Å²) in [6, 6.07) is 7.79. The molecule has 0 spiro atoms. The Morgan fingerprint density at radius 3 is 2.53 bits per heavy atom. The second-order valence-corrected chi connectivity index (χ2v) is 4.06. The van der Waals surface area contributed by atoms with Crippen molar-refractivity contribution in [2.45, 2.75) is 19.8 Å². The van der Waals surface area contributed by atoms with Crippen LogP contribution < -0.4 is 16.0 Å². The standard InChI is InChI=1S/C13H21N3O/c1-3-4-13(17)15-11-5-7-12(8-6-11)16(2)10-9-14/h5-8H,3-4,9-10,14H2,1-2H3,(H,15,17). The SMILES string of the molecule is CCCC(=O)Nc1ccc(N(C)CCN)cc1.